The molecule has 0 spiro atoms. The minimum absolute atomic E-state index is 0.0542. The van der Waals surface area contributed by atoms with E-state index in [0.29, 0.717) is 24.2 Å². The number of hydrogen-bond acceptors (Lipinski definition) is 3. The summed E-state index contributed by atoms with van der Waals surface area (Å²) in [6.45, 7) is 13.0. The Bertz CT molecular complexity index is 772. The van der Waals surface area contributed by atoms with Crippen LogP contribution in [0.15, 0.2) is 35.5 Å². The van der Waals surface area contributed by atoms with E-state index in [1.165, 1.54) is 11.1 Å². The maximum atomic E-state index is 12.1. The first kappa shape index (κ1) is 18.7. The Balaban J connectivity index is 1.68. The molecule has 0 unspecified atom stereocenters. The second-order valence-electron chi connectivity index (χ2n) is 9.63. The van der Waals surface area contributed by atoms with Crippen LogP contribution in [-0.4, -0.2) is 17.9 Å². The number of esters is 1. The summed E-state index contributed by atoms with van der Waals surface area (Å²) in [5, 5.41) is 0. The fourth-order valence-electron chi connectivity index (χ4n) is 6.94. The molecule has 3 saturated carbocycles. The van der Waals surface area contributed by atoms with Gasteiger partial charge in [-0.15, -0.1) is 0 Å². The molecule has 146 valence electrons. The lowest BCUT2D eigenvalue weighted by atomic mass is 9.46. The summed E-state index contributed by atoms with van der Waals surface area (Å²) >= 11 is 0. The molecule has 0 aromatic rings. The van der Waals surface area contributed by atoms with Crippen LogP contribution in [0.1, 0.15) is 66.2 Å². The van der Waals surface area contributed by atoms with Gasteiger partial charge in [-0.3, -0.25) is 9.59 Å². The molecule has 27 heavy (non-hydrogen) atoms. The molecule has 3 nitrogen and oxygen atoms in total. The van der Waals surface area contributed by atoms with Crippen LogP contribution in [0.3, 0.4) is 0 Å². The van der Waals surface area contributed by atoms with Crippen molar-refractivity contribution >= 4 is 11.8 Å². The van der Waals surface area contributed by atoms with Crippen molar-refractivity contribution in [1.29, 1.82) is 0 Å². The second kappa shape index (κ2) is 6.18. The molecule has 6 atom stereocenters. The van der Waals surface area contributed by atoms with E-state index < -0.39 is 0 Å². The molecule has 0 heterocycles. The first-order chi connectivity index (χ1) is 12.7. The predicted molar refractivity (Wildman–Crippen MR) is 106 cm³/mol. The number of carbonyl (C=O) groups is 2. The normalized spacial score (nSPS) is 43.3. The number of rotatable bonds is 2. The third-order valence-electron chi connectivity index (χ3n) is 8.54. The van der Waals surface area contributed by atoms with E-state index in [2.05, 4.69) is 27.4 Å². The second-order valence-corrected chi connectivity index (χ2v) is 9.63. The number of hydrogen-bond donors (Lipinski definition) is 0. The van der Waals surface area contributed by atoms with Crippen molar-refractivity contribution in [3.05, 3.63) is 35.5 Å². The van der Waals surface area contributed by atoms with Crippen molar-refractivity contribution in [3.8, 4) is 0 Å². The monoisotopic (exact) mass is 368 g/mol. The van der Waals surface area contributed by atoms with Crippen LogP contribution in [-0.2, 0) is 14.3 Å². The molecule has 0 bridgehead atoms. The zero-order chi connectivity index (χ0) is 19.6. The fourth-order valence-corrected chi connectivity index (χ4v) is 6.94. The van der Waals surface area contributed by atoms with E-state index in [1.54, 1.807) is 0 Å². The lowest BCUT2D eigenvalue weighted by Crippen LogP contribution is -2.52. The standard InChI is InChI=1S/C24H32O3/c1-6-22(26)27-21-8-7-18-17-11-14(2)20-13-16(25)12-15(3)24(20,5)19(17)9-10-23(18,21)4/h12-13,17-19,21H,2,6-11H2,1,3-5H3/t17-,18-,19-,21-,23-,24+/m0/s1. The van der Waals surface area contributed by atoms with Crippen molar-refractivity contribution in [1.82, 2.24) is 0 Å². The van der Waals surface area contributed by atoms with Crippen molar-refractivity contribution in [2.45, 2.75) is 72.3 Å². The first-order valence-electron chi connectivity index (χ1n) is 10.5. The molecule has 3 heteroatoms. The van der Waals surface area contributed by atoms with Crippen molar-refractivity contribution < 1.29 is 14.3 Å². The highest BCUT2D eigenvalue weighted by molar-refractivity contribution is 6.02. The van der Waals surface area contributed by atoms with Gasteiger partial charge < -0.3 is 4.74 Å². The molecule has 0 aromatic heterocycles. The van der Waals surface area contributed by atoms with Gasteiger partial charge in [-0.05, 0) is 74.5 Å². The van der Waals surface area contributed by atoms with Gasteiger partial charge in [0, 0.05) is 17.3 Å². The van der Waals surface area contributed by atoms with Crippen LogP contribution in [0.2, 0.25) is 0 Å². The molecule has 0 aliphatic heterocycles. The third-order valence-corrected chi connectivity index (χ3v) is 8.54. The fraction of sp³-hybridized carbons (Fsp3) is 0.667. The van der Waals surface area contributed by atoms with E-state index in [1.807, 2.05) is 19.1 Å². The Morgan fingerprint density at radius 1 is 1.22 bits per heavy atom. The summed E-state index contributed by atoms with van der Waals surface area (Å²) < 4.78 is 5.88. The van der Waals surface area contributed by atoms with Crippen molar-refractivity contribution in [3.63, 3.8) is 0 Å². The summed E-state index contributed by atoms with van der Waals surface area (Å²) in [5.41, 5.74) is 3.50. The van der Waals surface area contributed by atoms with E-state index in [4.69, 9.17) is 4.74 Å². The van der Waals surface area contributed by atoms with Gasteiger partial charge in [0.05, 0.1) is 0 Å². The van der Waals surface area contributed by atoms with E-state index in [0.717, 1.165) is 37.7 Å². The number of fused-ring (bicyclic) bond motifs is 5. The topological polar surface area (TPSA) is 43.4 Å². The van der Waals surface area contributed by atoms with Gasteiger partial charge in [-0.1, -0.05) is 38.5 Å². The Hall–Kier alpha value is -1.64. The SMILES string of the molecule is C=C1C[C@@H]2[C@H](CC[C@]3(C)[C@@H](OC(=O)CC)CC[C@@H]23)[C@@]2(C)C(C)=CC(=O)C=C12. The molecule has 0 N–H and O–H groups in total. The zero-order valence-electron chi connectivity index (χ0n) is 17.1. The van der Waals surface area contributed by atoms with Gasteiger partial charge in [0.15, 0.2) is 5.78 Å². The van der Waals surface area contributed by atoms with Gasteiger partial charge in [-0.25, -0.2) is 0 Å². The number of allylic oxidation sites excluding steroid dienone is 5. The molecule has 0 amide bonds. The summed E-state index contributed by atoms with van der Waals surface area (Å²) in [7, 11) is 0. The Morgan fingerprint density at radius 2 is 1.96 bits per heavy atom. The lowest BCUT2D eigenvalue weighted by molar-refractivity contribution is -0.158. The summed E-state index contributed by atoms with van der Waals surface area (Å²) in [4.78, 5) is 24.1. The number of ketones is 1. The highest BCUT2D eigenvalue weighted by Crippen LogP contribution is 2.66. The Labute approximate surface area is 162 Å². The lowest BCUT2D eigenvalue weighted by Gasteiger charge is -2.58. The first-order valence-corrected chi connectivity index (χ1v) is 10.5. The number of ether oxygens (including phenoxy) is 1. The average Bonchev–Trinajstić information content (AvgIpc) is 2.94. The van der Waals surface area contributed by atoms with Crippen LogP contribution >= 0.6 is 0 Å². The van der Waals surface area contributed by atoms with Gasteiger partial charge in [0.1, 0.15) is 6.10 Å². The molecule has 0 saturated heterocycles. The highest BCUT2D eigenvalue weighted by Gasteiger charge is 2.60. The smallest absolute Gasteiger partial charge is 0.305 e. The van der Waals surface area contributed by atoms with Crippen LogP contribution < -0.4 is 0 Å². The van der Waals surface area contributed by atoms with Gasteiger partial charge in [0.2, 0.25) is 0 Å². The van der Waals surface area contributed by atoms with E-state index in [-0.39, 0.29) is 28.7 Å². The Morgan fingerprint density at radius 3 is 2.67 bits per heavy atom. The molecule has 4 rings (SSSR count). The minimum Gasteiger partial charge on any atom is -0.462 e. The van der Waals surface area contributed by atoms with Crippen LogP contribution in [0.25, 0.3) is 0 Å². The van der Waals surface area contributed by atoms with Crippen molar-refractivity contribution in [2.24, 2.45) is 28.6 Å². The zero-order valence-corrected chi connectivity index (χ0v) is 17.1. The predicted octanol–water partition coefficient (Wildman–Crippen LogP) is 5.17. The van der Waals surface area contributed by atoms with Crippen molar-refractivity contribution in [2.75, 3.05) is 0 Å². The highest BCUT2D eigenvalue weighted by atomic mass is 16.5. The van der Waals surface area contributed by atoms with Crippen LogP contribution in [0.4, 0.5) is 0 Å². The molecule has 0 aromatic carbocycles. The van der Waals surface area contributed by atoms with Gasteiger partial charge >= 0.3 is 5.97 Å². The Kier molecular flexibility index (Phi) is 4.29. The molecule has 0 radical (unpaired) electrons. The summed E-state index contributed by atoms with van der Waals surface area (Å²) in [5.74, 6) is 1.69. The molecular weight excluding hydrogens is 336 g/mol. The molecule has 4 aliphatic carbocycles. The van der Waals surface area contributed by atoms with Crippen LogP contribution in [0, 0.1) is 28.6 Å². The van der Waals surface area contributed by atoms with E-state index >= 15 is 0 Å². The van der Waals surface area contributed by atoms with Crippen LogP contribution in [0.5, 0.6) is 0 Å². The maximum Gasteiger partial charge on any atom is 0.305 e. The molecule has 3 fully saturated rings. The summed E-state index contributed by atoms with van der Waals surface area (Å²) in [6, 6.07) is 0. The van der Waals surface area contributed by atoms with E-state index in [9.17, 15) is 9.59 Å². The maximum absolute atomic E-state index is 12.1. The van der Waals surface area contributed by atoms with Gasteiger partial charge in [-0.2, -0.15) is 0 Å². The summed E-state index contributed by atoms with van der Waals surface area (Å²) in [6.07, 6.45) is 9.46. The number of carbonyl (C=O) groups excluding carboxylic acids is 2. The third kappa shape index (κ3) is 2.53. The molecular formula is C24H32O3. The quantitative estimate of drug-likeness (QED) is 0.631. The average molecular weight is 369 g/mol. The largest absolute Gasteiger partial charge is 0.462 e. The molecule has 4 aliphatic rings. The van der Waals surface area contributed by atoms with Gasteiger partial charge in [0.25, 0.3) is 0 Å². The minimum atomic E-state index is -0.0760.